The Labute approximate surface area is 166 Å². The molecule has 0 aliphatic carbocycles. The second-order valence-corrected chi connectivity index (χ2v) is 8.80. The Hall–Kier alpha value is -2.92. The molecule has 0 spiro atoms. The zero-order valence-corrected chi connectivity index (χ0v) is 16.2. The van der Waals surface area contributed by atoms with Gasteiger partial charge in [-0.2, -0.15) is 0 Å². The third-order valence-corrected chi connectivity index (χ3v) is 6.53. The van der Waals surface area contributed by atoms with E-state index < -0.39 is 45.9 Å². The lowest BCUT2D eigenvalue weighted by Crippen LogP contribution is -2.40. The summed E-state index contributed by atoms with van der Waals surface area (Å²) < 4.78 is 37.5. The highest BCUT2D eigenvalue weighted by Crippen LogP contribution is 2.44. The Morgan fingerprint density at radius 2 is 1.79 bits per heavy atom. The average molecular weight is 421 g/mol. The number of ether oxygens (including phenoxy) is 1. The van der Waals surface area contributed by atoms with Crippen molar-refractivity contribution in [1.29, 1.82) is 0 Å². The van der Waals surface area contributed by atoms with Crippen LogP contribution in [0.2, 0.25) is 0 Å². The first-order valence-electron chi connectivity index (χ1n) is 9.00. The Morgan fingerprint density at radius 3 is 2.38 bits per heavy atom. The minimum atomic E-state index is -3.87. The number of carboxylic acids is 1. The van der Waals surface area contributed by atoms with Gasteiger partial charge in [-0.15, -0.1) is 0 Å². The number of carbonyl (C=O) groups excluding carboxylic acids is 1. The summed E-state index contributed by atoms with van der Waals surface area (Å²) in [4.78, 5) is 24.1. The molecule has 0 radical (unpaired) electrons. The smallest absolute Gasteiger partial charge is 0.310 e. The predicted octanol–water partition coefficient (Wildman–Crippen LogP) is 1.60. The fourth-order valence-corrected chi connectivity index (χ4v) is 4.86. The molecule has 2 aliphatic heterocycles. The molecule has 2 fully saturated rings. The van der Waals surface area contributed by atoms with Crippen molar-refractivity contribution in [3.05, 3.63) is 36.1 Å². The van der Waals surface area contributed by atoms with Crippen molar-refractivity contribution in [2.24, 2.45) is 11.8 Å². The molecule has 4 atom stereocenters. The number of carbonyl (C=O) groups is 2. The lowest BCUT2D eigenvalue weighted by molar-refractivity contribution is -0.147. The third-order valence-electron chi connectivity index (χ3n) is 5.16. The number of nitrogens with one attached hydrogen (secondary N) is 2. The van der Waals surface area contributed by atoms with Crippen LogP contribution < -0.4 is 10.0 Å². The summed E-state index contributed by atoms with van der Waals surface area (Å²) >= 11 is 0. The maximum Gasteiger partial charge on any atom is 0.310 e. The summed E-state index contributed by atoms with van der Waals surface area (Å²) in [7, 11) is -3.87. The molecule has 4 rings (SSSR count). The van der Waals surface area contributed by atoms with E-state index in [4.69, 9.17) is 9.26 Å². The van der Waals surface area contributed by atoms with E-state index in [0.29, 0.717) is 24.3 Å². The number of aliphatic carboxylic acids is 1. The molecule has 11 heteroatoms. The van der Waals surface area contributed by atoms with Crippen molar-refractivity contribution < 1.29 is 32.4 Å². The minimum absolute atomic E-state index is 0.0252. The molecule has 2 aliphatic rings. The molecular formula is C18H19N3O7S. The number of hydrogen-bond acceptors (Lipinski definition) is 7. The average Bonchev–Trinajstić information content (AvgIpc) is 3.37. The van der Waals surface area contributed by atoms with E-state index in [0.717, 1.165) is 0 Å². The van der Waals surface area contributed by atoms with Crippen LogP contribution in [0.4, 0.5) is 11.5 Å². The second-order valence-electron chi connectivity index (χ2n) is 7.12. The maximum atomic E-state index is 12.6. The standard InChI is InChI=1S/C18H19N3O7S/c1-9-8-14(20-28-9)21-29(25,26)11-4-2-10(3-5-11)19-17(22)15-12-6-7-13(27-12)16(15)18(23)24/h2-5,8,12-13,15-16H,6-7H2,1H3,(H,19,22)(H,20,21)(H,23,24)/t12-,13-,15-,16+/m1/s1. The summed E-state index contributed by atoms with van der Waals surface area (Å²) in [5.41, 5.74) is 0.359. The van der Waals surface area contributed by atoms with Gasteiger partial charge >= 0.3 is 5.97 Å². The number of anilines is 2. The number of benzene rings is 1. The van der Waals surface area contributed by atoms with Crippen LogP contribution in [0.1, 0.15) is 18.6 Å². The molecule has 0 unspecified atom stereocenters. The van der Waals surface area contributed by atoms with Gasteiger partial charge in [-0.25, -0.2) is 8.42 Å². The number of amides is 1. The van der Waals surface area contributed by atoms with Gasteiger partial charge in [0.05, 0.1) is 28.9 Å². The molecule has 10 nitrogen and oxygen atoms in total. The van der Waals surface area contributed by atoms with Crippen LogP contribution >= 0.6 is 0 Å². The number of sulfonamides is 1. The van der Waals surface area contributed by atoms with Crippen LogP contribution in [0, 0.1) is 18.8 Å². The fraction of sp³-hybridized carbons (Fsp3) is 0.389. The Bertz CT molecular complexity index is 1050. The zero-order chi connectivity index (χ0) is 20.8. The summed E-state index contributed by atoms with van der Waals surface area (Å²) in [6, 6.07) is 6.98. The third kappa shape index (κ3) is 3.70. The van der Waals surface area contributed by atoms with Crippen LogP contribution in [0.3, 0.4) is 0 Å². The second kappa shape index (κ2) is 7.16. The summed E-state index contributed by atoms with van der Waals surface area (Å²) in [5, 5.41) is 15.7. The SMILES string of the molecule is Cc1cc(NS(=O)(=O)c2ccc(NC(=O)[C@H]3[C@@H](C(=O)O)[C@H]4CC[C@H]3O4)cc2)no1. The first-order valence-corrected chi connectivity index (χ1v) is 10.5. The number of hydrogen-bond donors (Lipinski definition) is 3. The lowest BCUT2D eigenvalue weighted by atomic mass is 9.78. The van der Waals surface area contributed by atoms with E-state index >= 15 is 0 Å². The largest absolute Gasteiger partial charge is 0.481 e. The van der Waals surface area contributed by atoms with Crippen molar-refractivity contribution >= 4 is 33.4 Å². The topological polar surface area (TPSA) is 148 Å². The van der Waals surface area contributed by atoms with Crippen LogP contribution in [0.5, 0.6) is 0 Å². The first kappa shape index (κ1) is 19.4. The number of aryl methyl sites for hydroxylation is 1. The molecule has 1 aromatic heterocycles. The van der Waals surface area contributed by atoms with Gasteiger partial charge in [0.25, 0.3) is 10.0 Å². The Balaban J connectivity index is 1.45. The number of carboxylic acid groups (broad SMARTS) is 1. The molecular weight excluding hydrogens is 402 g/mol. The first-order chi connectivity index (χ1) is 13.7. The molecule has 3 N–H and O–H groups in total. The number of aromatic nitrogens is 1. The van der Waals surface area contributed by atoms with Gasteiger partial charge in [0.2, 0.25) is 5.91 Å². The Kier molecular flexibility index (Phi) is 4.79. The molecule has 154 valence electrons. The molecule has 1 amide bonds. The van der Waals surface area contributed by atoms with Crippen LogP contribution in [-0.2, 0) is 24.3 Å². The quantitative estimate of drug-likeness (QED) is 0.637. The highest BCUT2D eigenvalue weighted by Gasteiger charge is 2.55. The van der Waals surface area contributed by atoms with Crippen LogP contribution in [0.25, 0.3) is 0 Å². The van der Waals surface area contributed by atoms with Crippen LogP contribution in [0.15, 0.2) is 39.8 Å². The highest BCUT2D eigenvalue weighted by molar-refractivity contribution is 7.92. The number of rotatable bonds is 6. The van der Waals surface area contributed by atoms with E-state index in [1.807, 2.05) is 0 Å². The van der Waals surface area contributed by atoms with Crippen molar-refractivity contribution in [3.63, 3.8) is 0 Å². The number of nitrogens with zero attached hydrogens (tertiary/aromatic N) is 1. The highest BCUT2D eigenvalue weighted by atomic mass is 32.2. The zero-order valence-electron chi connectivity index (χ0n) is 15.4. The number of fused-ring (bicyclic) bond motifs is 2. The van der Waals surface area contributed by atoms with E-state index in [9.17, 15) is 23.1 Å². The molecule has 2 aromatic rings. The molecule has 29 heavy (non-hydrogen) atoms. The van der Waals surface area contributed by atoms with E-state index in [1.165, 1.54) is 30.3 Å². The van der Waals surface area contributed by atoms with Gasteiger partial charge < -0.3 is 19.7 Å². The van der Waals surface area contributed by atoms with Gasteiger partial charge in [0.1, 0.15) is 5.76 Å². The van der Waals surface area contributed by atoms with Crippen LogP contribution in [-0.4, -0.2) is 42.8 Å². The maximum absolute atomic E-state index is 12.6. The van der Waals surface area contributed by atoms with Gasteiger partial charge in [-0.05, 0) is 44.0 Å². The monoisotopic (exact) mass is 421 g/mol. The summed E-state index contributed by atoms with van der Waals surface area (Å²) in [5.74, 6) is -2.61. The van der Waals surface area contributed by atoms with E-state index in [2.05, 4.69) is 15.2 Å². The molecule has 2 bridgehead atoms. The van der Waals surface area contributed by atoms with E-state index in [1.54, 1.807) is 6.92 Å². The summed E-state index contributed by atoms with van der Waals surface area (Å²) in [6.07, 6.45) is 0.440. The van der Waals surface area contributed by atoms with Gasteiger partial charge in [0.15, 0.2) is 5.82 Å². The molecule has 0 saturated carbocycles. The van der Waals surface area contributed by atoms with E-state index in [-0.39, 0.29) is 10.7 Å². The van der Waals surface area contributed by atoms with Gasteiger partial charge in [0, 0.05) is 11.8 Å². The predicted molar refractivity (Wildman–Crippen MR) is 99.6 cm³/mol. The van der Waals surface area contributed by atoms with Crippen molar-refractivity contribution in [2.75, 3.05) is 10.0 Å². The normalized spacial score (nSPS) is 25.7. The van der Waals surface area contributed by atoms with Gasteiger partial charge in [-0.3, -0.25) is 14.3 Å². The van der Waals surface area contributed by atoms with Crippen molar-refractivity contribution in [3.8, 4) is 0 Å². The van der Waals surface area contributed by atoms with Gasteiger partial charge in [-0.1, -0.05) is 5.16 Å². The fourth-order valence-electron chi connectivity index (χ4n) is 3.88. The molecule has 1 aromatic carbocycles. The lowest BCUT2D eigenvalue weighted by Gasteiger charge is -2.23. The van der Waals surface area contributed by atoms with Crippen molar-refractivity contribution in [2.45, 2.75) is 36.9 Å². The van der Waals surface area contributed by atoms with Crippen molar-refractivity contribution in [1.82, 2.24) is 5.16 Å². The Morgan fingerprint density at radius 1 is 1.14 bits per heavy atom. The summed E-state index contributed by atoms with van der Waals surface area (Å²) in [6.45, 7) is 1.64. The molecule has 2 saturated heterocycles. The minimum Gasteiger partial charge on any atom is -0.481 e. The molecule has 3 heterocycles.